The summed E-state index contributed by atoms with van der Waals surface area (Å²) >= 11 is 0. The Hall–Kier alpha value is -2.30. The number of rotatable bonds is 7. The Morgan fingerprint density at radius 1 is 1.14 bits per heavy atom. The van der Waals surface area contributed by atoms with Crippen molar-refractivity contribution in [3.05, 3.63) is 48.0 Å². The fraction of sp³-hybridized carbons (Fsp3) is 0.312. The Labute approximate surface area is 123 Å². The van der Waals surface area contributed by atoms with Crippen LogP contribution in [0.25, 0.3) is 0 Å². The molecule has 1 aromatic carbocycles. The van der Waals surface area contributed by atoms with Crippen LogP contribution in [0.15, 0.2) is 36.7 Å². The van der Waals surface area contributed by atoms with E-state index in [2.05, 4.69) is 4.98 Å². The van der Waals surface area contributed by atoms with E-state index in [4.69, 9.17) is 15.2 Å². The second kappa shape index (κ2) is 7.47. The van der Waals surface area contributed by atoms with Gasteiger partial charge in [-0.05, 0) is 37.5 Å². The van der Waals surface area contributed by atoms with Crippen molar-refractivity contribution >= 4 is 5.69 Å². The van der Waals surface area contributed by atoms with Crippen LogP contribution in [0.2, 0.25) is 0 Å². The zero-order valence-electron chi connectivity index (χ0n) is 12.0. The number of anilines is 1. The van der Waals surface area contributed by atoms with E-state index < -0.39 is 5.82 Å². The number of nitrogens with zero attached hydrogens (tertiary/aromatic N) is 1. The highest BCUT2D eigenvalue weighted by Crippen LogP contribution is 2.30. The number of pyridine rings is 1. The van der Waals surface area contributed by atoms with Gasteiger partial charge >= 0.3 is 0 Å². The van der Waals surface area contributed by atoms with Crippen molar-refractivity contribution in [2.75, 3.05) is 18.9 Å². The van der Waals surface area contributed by atoms with Crippen LogP contribution in [0.5, 0.6) is 11.5 Å². The van der Waals surface area contributed by atoms with Crippen LogP contribution in [-0.2, 0) is 6.42 Å². The van der Waals surface area contributed by atoms with Crippen LogP contribution >= 0.6 is 0 Å². The van der Waals surface area contributed by atoms with Crippen molar-refractivity contribution in [2.24, 2.45) is 0 Å². The van der Waals surface area contributed by atoms with Gasteiger partial charge in [0.25, 0.3) is 0 Å². The number of hydrogen-bond acceptors (Lipinski definition) is 4. The van der Waals surface area contributed by atoms with Gasteiger partial charge in [-0.3, -0.25) is 4.98 Å². The molecule has 0 spiro atoms. The molecule has 2 rings (SSSR count). The molecule has 0 fully saturated rings. The lowest BCUT2D eigenvalue weighted by molar-refractivity contribution is 0.299. The number of aryl methyl sites for hydroxylation is 1. The average Bonchev–Trinajstić information content (AvgIpc) is 2.49. The second-order valence-corrected chi connectivity index (χ2v) is 4.56. The predicted molar refractivity (Wildman–Crippen MR) is 80.0 cm³/mol. The molecule has 21 heavy (non-hydrogen) atoms. The highest BCUT2D eigenvalue weighted by Gasteiger charge is 2.09. The van der Waals surface area contributed by atoms with Gasteiger partial charge in [-0.25, -0.2) is 4.39 Å². The summed E-state index contributed by atoms with van der Waals surface area (Å²) < 4.78 is 24.4. The van der Waals surface area contributed by atoms with Gasteiger partial charge < -0.3 is 15.2 Å². The van der Waals surface area contributed by atoms with Crippen LogP contribution < -0.4 is 15.2 Å². The summed E-state index contributed by atoms with van der Waals surface area (Å²) in [6.45, 7) is 2.69. The molecule has 0 saturated carbocycles. The molecule has 0 amide bonds. The molecule has 112 valence electrons. The first-order valence-corrected chi connectivity index (χ1v) is 6.94. The van der Waals surface area contributed by atoms with E-state index in [9.17, 15) is 4.39 Å². The Morgan fingerprint density at radius 2 is 1.90 bits per heavy atom. The van der Waals surface area contributed by atoms with Crippen LogP contribution in [0.3, 0.4) is 0 Å². The highest BCUT2D eigenvalue weighted by atomic mass is 19.1. The number of aromatic nitrogens is 1. The molecule has 0 radical (unpaired) electrons. The molecule has 0 saturated heterocycles. The Balaban J connectivity index is 1.89. The van der Waals surface area contributed by atoms with E-state index in [0.717, 1.165) is 12.8 Å². The lowest BCUT2D eigenvalue weighted by Gasteiger charge is -2.12. The van der Waals surface area contributed by atoms with E-state index in [-0.39, 0.29) is 11.4 Å². The van der Waals surface area contributed by atoms with Crippen molar-refractivity contribution in [3.63, 3.8) is 0 Å². The molecular formula is C16H19FN2O2. The third-order valence-electron chi connectivity index (χ3n) is 2.98. The van der Waals surface area contributed by atoms with Gasteiger partial charge in [-0.1, -0.05) is 0 Å². The summed E-state index contributed by atoms with van der Waals surface area (Å²) in [6, 6.07) is 6.67. The zero-order valence-corrected chi connectivity index (χ0v) is 12.0. The van der Waals surface area contributed by atoms with Crippen LogP contribution in [-0.4, -0.2) is 18.2 Å². The number of nitrogen functional groups attached to an aromatic ring is 1. The standard InChI is InChI=1S/C16H19FN2O2/c1-2-20-15-11-16(14(18)10-13(15)17)21-9-3-4-12-5-7-19-8-6-12/h5-8,10-11H,2-4,9,18H2,1H3. The van der Waals surface area contributed by atoms with Gasteiger partial charge in [0.05, 0.1) is 18.9 Å². The first-order chi connectivity index (χ1) is 10.2. The first kappa shape index (κ1) is 15.1. The average molecular weight is 290 g/mol. The molecule has 0 aliphatic heterocycles. The molecule has 4 nitrogen and oxygen atoms in total. The minimum atomic E-state index is -0.474. The maximum Gasteiger partial charge on any atom is 0.167 e. The monoisotopic (exact) mass is 290 g/mol. The van der Waals surface area contributed by atoms with E-state index >= 15 is 0 Å². The van der Waals surface area contributed by atoms with Gasteiger partial charge in [0, 0.05) is 24.5 Å². The minimum absolute atomic E-state index is 0.163. The summed E-state index contributed by atoms with van der Waals surface area (Å²) in [6.07, 6.45) is 5.26. The number of nitrogens with two attached hydrogens (primary N) is 1. The molecule has 1 aromatic heterocycles. The maximum absolute atomic E-state index is 13.6. The molecule has 1 heterocycles. The third kappa shape index (κ3) is 4.34. The summed E-state index contributed by atoms with van der Waals surface area (Å²) in [5, 5.41) is 0. The van der Waals surface area contributed by atoms with Crippen LogP contribution in [0.4, 0.5) is 10.1 Å². The number of halogens is 1. The molecule has 2 N–H and O–H groups in total. The second-order valence-electron chi connectivity index (χ2n) is 4.56. The Kier molecular flexibility index (Phi) is 5.37. The normalized spacial score (nSPS) is 10.4. The molecule has 0 bridgehead atoms. The van der Waals surface area contributed by atoms with Gasteiger partial charge in [0.1, 0.15) is 5.75 Å². The van der Waals surface area contributed by atoms with E-state index in [1.165, 1.54) is 17.7 Å². The predicted octanol–water partition coefficient (Wildman–Crippen LogP) is 3.21. The number of hydrogen-bond donors (Lipinski definition) is 1. The third-order valence-corrected chi connectivity index (χ3v) is 2.98. The first-order valence-electron chi connectivity index (χ1n) is 6.94. The van der Waals surface area contributed by atoms with Crippen molar-refractivity contribution < 1.29 is 13.9 Å². The molecule has 0 aliphatic carbocycles. The van der Waals surface area contributed by atoms with E-state index in [1.807, 2.05) is 12.1 Å². The number of ether oxygens (including phenoxy) is 2. The lowest BCUT2D eigenvalue weighted by atomic mass is 10.1. The largest absolute Gasteiger partial charge is 0.491 e. The summed E-state index contributed by atoms with van der Waals surface area (Å²) in [7, 11) is 0. The molecule has 0 aliphatic rings. The van der Waals surface area contributed by atoms with Crippen LogP contribution in [0.1, 0.15) is 18.9 Å². The molecule has 0 unspecified atom stereocenters. The highest BCUT2D eigenvalue weighted by molar-refractivity contribution is 5.56. The van der Waals surface area contributed by atoms with E-state index in [0.29, 0.717) is 19.0 Å². The van der Waals surface area contributed by atoms with Crippen molar-refractivity contribution in [1.29, 1.82) is 0 Å². The van der Waals surface area contributed by atoms with Crippen molar-refractivity contribution in [2.45, 2.75) is 19.8 Å². The Bertz CT molecular complexity index is 576. The van der Waals surface area contributed by atoms with E-state index in [1.54, 1.807) is 19.3 Å². The molecule has 2 aromatic rings. The smallest absolute Gasteiger partial charge is 0.167 e. The van der Waals surface area contributed by atoms with Gasteiger partial charge in [0.2, 0.25) is 0 Å². The van der Waals surface area contributed by atoms with Gasteiger partial charge in [-0.2, -0.15) is 0 Å². The quantitative estimate of drug-likeness (QED) is 0.628. The fourth-order valence-electron chi connectivity index (χ4n) is 1.95. The van der Waals surface area contributed by atoms with Crippen molar-refractivity contribution in [1.82, 2.24) is 4.98 Å². The van der Waals surface area contributed by atoms with Crippen molar-refractivity contribution in [3.8, 4) is 11.5 Å². The van der Waals surface area contributed by atoms with Gasteiger partial charge in [-0.15, -0.1) is 0 Å². The summed E-state index contributed by atoms with van der Waals surface area (Å²) in [4.78, 5) is 3.97. The van der Waals surface area contributed by atoms with Crippen LogP contribution in [0, 0.1) is 5.82 Å². The molecule has 5 heteroatoms. The van der Waals surface area contributed by atoms with Gasteiger partial charge in [0.15, 0.2) is 11.6 Å². The summed E-state index contributed by atoms with van der Waals surface area (Å²) in [5.41, 5.74) is 7.23. The lowest BCUT2D eigenvalue weighted by Crippen LogP contribution is -2.04. The molecule has 0 atom stereocenters. The minimum Gasteiger partial charge on any atom is -0.491 e. The number of benzene rings is 1. The molecular weight excluding hydrogens is 271 g/mol. The Morgan fingerprint density at radius 3 is 2.62 bits per heavy atom. The maximum atomic E-state index is 13.6. The SMILES string of the molecule is CCOc1cc(OCCCc2ccncc2)c(N)cc1F. The zero-order chi connectivity index (χ0) is 15.1. The fourth-order valence-corrected chi connectivity index (χ4v) is 1.95. The topological polar surface area (TPSA) is 57.4 Å². The summed E-state index contributed by atoms with van der Waals surface area (Å²) in [5.74, 6) is 0.142.